The summed E-state index contributed by atoms with van der Waals surface area (Å²) in [5.74, 6) is 1.13. The first-order valence-electron chi connectivity index (χ1n) is 5.08. The van der Waals surface area contributed by atoms with Gasteiger partial charge in [0.15, 0.2) is 0 Å². The van der Waals surface area contributed by atoms with Gasteiger partial charge in [-0.2, -0.15) is 0 Å². The molecule has 0 unspecified atom stereocenters. The van der Waals surface area contributed by atoms with Gasteiger partial charge in [0.2, 0.25) is 10.0 Å². The maximum absolute atomic E-state index is 11.8. The summed E-state index contributed by atoms with van der Waals surface area (Å²) >= 11 is 0. The van der Waals surface area contributed by atoms with Crippen molar-refractivity contribution in [3.8, 4) is 0 Å². The molecular weight excluding hydrogens is 202 g/mol. The highest BCUT2D eigenvalue weighted by Gasteiger charge is 2.43. The summed E-state index contributed by atoms with van der Waals surface area (Å²) in [6.07, 6.45) is 0. The first-order chi connectivity index (χ1) is 6.51. The third-order valence-corrected chi connectivity index (χ3v) is 5.34. The molecule has 0 aliphatic carbocycles. The Labute approximate surface area is 85.3 Å². The van der Waals surface area contributed by atoms with Crippen molar-refractivity contribution in [2.24, 2.45) is 11.8 Å². The smallest absolute Gasteiger partial charge is 0.221 e. The zero-order chi connectivity index (χ0) is 10.3. The lowest BCUT2D eigenvalue weighted by atomic mass is 9.91. The molecule has 2 aliphatic heterocycles. The van der Waals surface area contributed by atoms with Crippen LogP contribution in [0.5, 0.6) is 0 Å². The van der Waals surface area contributed by atoms with Crippen LogP contribution in [0.1, 0.15) is 13.8 Å². The van der Waals surface area contributed by atoms with E-state index in [2.05, 4.69) is 13.8 Å². The SMILES string of the molecule is CC(C)C1CN(S(=O)(=O)C2COC2)C1. The minimum Gasteiger partial charge on any atom is -0.378 e. The molecule has 0 spiro atoms. The van der Waals surface area contributed by atoms with Crippen molar-refractivity contribution in [1.29, 1.82) is 0 Å². The zero-order valence-corrected chi connectivity index (χ0v) is 9.46. The zero-order valence-electron chi connectivity index (χ0n) is 8.64. The standard InChI is InChI=1S/C9H17NO3S/c1-7(2)8-3-10(4-8)14(11,12)9-5-13-6-9/h7-9H,3-6H2,1-2H3. The van der Waals surface area contributed by atoms with Gasteiger partial charge in [-0.15, -0.1) is 0 Å². The van der Waals surface area contributed by atoms with Gasteiger partial charge in [0, 0.05) is 13.1 Å². The van der Waals surface area contributed by atoms with E-state index in [1.54, 1.807) is 4.31 Å². The summed E-state index contributed by atoms with van der Waals surface area (Å²) in [6.45, 7) is 6.45. The second-order valence-corrected chi connectivity index (χ2v) is 6.74. The minimum absolute atomic E-state index is 0.268. The first-order valence-corrected chi connectivity index (χ1v) is 6.59. The maximum Gasteiger partial charge on any atom is 0.221 e. The minimum atomic E-state index is -3.02. The molecule has 0 aromatic rings. The summed E-state index contributed by atoms with van der Waals surface area (Å²) in [4.78, 5) is 0. The van der Waals surface area contributed by atoms with Gasteiger partial charge in [-0.05, 0) is 11.8 Å². The quantitative estimate of drug-likeness (QED) is 0.686. The molecule has 82 valence electrons. The molecule has 0 amide bonds. The number of rotatable bonds is 3. The van der Waals surface area contributed by atoms with Crippen LogP contribution in [0.15, 0.2) is 0 Å². The average Bonchev–Trinajstić information content (AvgIpc) is 1.73. The Morgan fingerprint density at radius 2 is 1.86 bits per heavy atom. The van der Waals surface area contributed by atoms with Crippen LogP contribution in [-0.4, -0.2) is 44.3 Å². The second kappa shape index (κ2) is 3.47. The Bertz CT molecular complexity index is 302. The van der Waals surface area contributed by atoms with Gasteiger partial charge in [-0.25, -0.2) is 12.7 Å². The number of nitrogens with zero attached hydrogens (tertiary/aromatic N) is 1. The molecule has 0 bridgehead atoms. The van der Waals surface area contributed by atoms with Gasteiger partial charge in [0.25, 0.3) is 0 Å². The first kappa shape index (κ1) is 10.4. The lowest BCUT2D eigenvalue weighted by Gasteiger charge is -2.43. The normalized spacial score (nSPS) is 26.2. The molecule has 2 saturated heterocycles. The van der Waals surface area contributed by atoms with Gasteiger partial charge < -0.3 is 4.74 Å². The van der Waals surface area contributed by atoms with Crippen LogP contribution < -0.4 is 0 Å². The van der Waals surface area contributed by atoms with Crippen LogP contribution in [0.3, 0.4) is 0 Å². The van der Waals surface area contributed by atoms with E-state index >= 15 is 0 Å². The molecule has 0 aromatic heterocycles. The molecule has 0 N–H and O–H groups in total. The lowest BCUT2D eigenvalue weighted by Crippen LogP contribution is -2.58. The summed E-state index contributed by atoms with van der Waals surface area (Å²) in [6, 6.07) is 0. The predicted molar refractivity (Wildman–Crippen MR) is 53.4 cm³/mol. The van der Waals surface area contributed by atoms with E-state index in [1.165, 1.54) is 0 Å². The molecule has 0 radical (unpaired) electrons. The van der Waals surface area contributed by atoms with Crippen molar-refractivity contribution in [2.45, 2.75) is 19.1 Å². The fourth-order valence-electron chi connectivity index (χ4n) is 1.70. The van der Waals surface area contributed by atoms with Crippen molar-refractivity contribution in [2.75, 3.05) is 26.3 Å². The van der Waals surface area contributed by atoms with Crippen molar-refractivity contribution in [3.63, 3.8) is 0 Å². The Kier molecular flexibility index (Phi) is 2.57. The summed E-state index contributed by atoms with van der Waals surface area (Å²) in [7, 11) is -3.02. The lowest BCUT2D eigenvalue weighted by molar-refractivity contribution is 0.0355. The van der Waals surface area contributed by atoms with E-state index in [9.17, 15) is 8.42 Å². The summed E-state index contributed by atoms with van der Waals surface area (Å²) in [5, 5.41) is -0.268. The number of hydrogen-bond donors (Lipinski definition) is 0. The van der Waals surface area contributed by atoms with Crippen LogP contribution >= 0.6 is 0 Å². The van der Waals surface area contributed by atoms with Crippen LogP contribution in [0.4, 0.5) is 0 Å². The van der Waals surface area contributed by atoms with Crippen LogP contribution in [-0.2, 0) is 14.8 Å². The maximum atomic E-state index is 11.8. The summed E-state index contributed by atoms with van der Waals surface area (Å²) < 4.78 is 30.1. The van der Waals surface area contributed by atoms with Crippen molar-refractivity contribution < 1.29 is 13.2 Å². The van der Waals surface area contributed by atoms with Crippen molar-refractivity contribution in [1.82, 2.24) is 4.31 Å². The molecule has 2 aliphatic rings. The van der Waals surface area contributed by atoms with Crippen molar-refractivity contribution >= 4 is 10.0 Å². The Hall–Kier alpha value is -0.130. The third kappa shape index (κ3) is 1.57. The highest BCUT2D eigenvalue weighted by Crippen LogP contribution is 2.29. The van der Waals surface area contributed by atoms with E-state index in [0.29, 0.717) is 38.1 Å². The number of hydrogen-bond acceptors (Lipinski definition) is 3. The fourth-order valence-corrected chi connectivity index (χ4v) is 3.45. The van der Waals surface area contributed by atoms with E-state index < -0.39 is 10.0 Å². The van der Waals surface area contributed by atoms with Crippen LogP contribution in [0.2, 0.25) is 0 Å². The average molecular weight is 219 g/mol. The predicted octanol–water partition coefficient (Wildman–Crippen LogP) is 0.303. The van der Waals surface area contributed by atoms with Crippen molar-refractivity contribution in [3.05, 3.63) is 0 Å². The molecule has 0 aromatic carbocycles. The van der Waals surface area contributed by atoms with Crippen LogP contribution in [0.25, 0.3) is 0 Å². The van der Waals surface area contributed by atoms with Gasteiger partial charge in [-0.3, -0.25) is 0 Å². The fraction of sp³-hybridized carbons (Fsp3) is 1.00. The number of ether oxygens (including phenoxy) is 1. The van der Waals surface area contributed by atoms with E-state index in [1.807, 2.05) is 0 Å². The van der Waals surface area contributed by atoms with Crippen LogP contribution in [0, 0.1) is 11.8 Å². The third-order valence-electron chi connectivity index (χ3n) is 3.21. The van der Waals surface area contributed by atoms with Gasteiger partial charge in [0.05, 0.1) is 13.2 Å². The summed E-state index contributed by atoms with van der Waals surface area (Å²) in [5.41, 5.74) is 0. The monoisotopic (exact) mass is 219 g/mol. The highest BCUT2D eigenvalue weighted by molar-refractivity contribution is 7.89. The Morgan fingerprint density at radius 1 is 1.29 bits per heavy atom. The Balaban J connectivity index is 1.92. The molecule has 0 atom stereocenters. The molecule has 4 nitrogen and oxygen atoms in total. The molecule has 2 rings (SSSR count). The Morgan fingerprint density at radius 3 is 2.21 bits per heavy atom. The van der Waals surface area contributed by atoms with Gasteiger partial charge in [-0.1, -0.05) is 13.8 Å². The number of sulfonamides is 1. The topological polar surface area (TPSA) is 46.6 Å². The largest absolute Gasteiger partial charge is 0.378 e. The van der Waals surface area contributed by atoms with Gasteiger partial charge >= 0.3 is 0 Å². The highest BCUT2D eigenvalue weighted by atomic mass is 32.2. The molecule has 14 heavy (non-hydrogen) atoms. The molecule has 0 saturated carbocycles. The second-order valence-electron chi connectivity index (χ2n) is 4.53. The van der Waals surface area contributed by atoms with E-state index in [0.717, 1.165) is 0 Å². The molecule has 2 heterocycles. The van der Waals surface area contributed by atoms with E-state index in [4.69, 9.17) is 4.74 Å². The molecule has 2 fully saturated rings. The van der Waals surface area contributed by atoms with E-state index in [-0.39, 0.29) is 5.25 Å². The van der Waals surface area contributed by atoms with Gasteiger partial charge in [0.1, 0.15) is 5.25 Å². The molecular formula is C9H17NO3S. The molecule has 5 heteroatoms.